The third-order valence-corrected chi connectivity index (χ3v) is 5.83. The summed E-state index contributed by atoms with van der Waals surface area (Å²) in [7, 11) is 1.81. The summed E-state index contributed by atoms with van der Waals surface area (Å²) >= 11 is 6.09. The summed E-state index contributed by atoms with van der Waals surface area (Å²) in [5.74, 6) is 0. The molecule has 30 heavy (non-hydrogen) atoms. The molecule has 0 aliphatic heterocycles. The van der Waals surface area contributed by atoms with E-state index in [1.54, 1.807) is 18.1 Å². The average Bonchev–Trinajstić information content (AvgIpc) is 2.63. The van der Waals surface area contributed by atoms with Gasteiger partial charge in [-0.15, -0.1) is 0 Å². The third kappa shape index (κ3) is 8.78. The van der Waals surface area contributed by atoms with Gasteiger partial charge >= 0.3 is 6.09 Å². The van der Waals surface area contributed by atoms with Gasteiger partial charge in [-0.2, -0.15) is 0 Å². The number of pyridine rings is 1. The van der Waals surface area contributed by atoms with E-state index in [1.807, 2.05) is 32.9 Å². The van der Waals surface area contributed by atoms with Gasteiger partial charge in [0.25, 0.3) is 0 Å². The normalized spacial score (nSPS) is 19.8. The molecule has 0 spiro atoms. The molecule has 1 saturated carbocycles. The van der Waals surface area contributed by atoms with Crippen molar-refractivity contribution in [1.82, 2.24) is 9.88 Å². The maximum atomic E-state index is 12.1. The van der Waals surface area contributed by atoms with Gasteiger partial charge in [0.15, 0.2) is 0 Å². The number of carbonyl (C=O) groups excluding carboxylic acids is 1. The summed E-state index contributed by atoms with van der Waals surface area (Å²) in [5.41, 5.74) is 6.84. The third-order valence-electron chi connectivity index (χ3n) is 5.49. The average molecular weight is 440 g/mol. The van der Waals surface area contributed by atoms with Crippen LogP contribution in [0.1, 0.15) is 71.3 Å². The number of amides is 1. The summed E-state index contributed by atoms with van der Waals surface area (Å²) in [6.07, 6.45) is 9.57. The molecule has 0 radical (unpaired) electrons. The molecule has 0 bridgehead atoms. The van der Waals surface area contributed by atoms with E-state index in [1.165, 1.54) is 0 Å². The van der Waals surface area contributed by atoms with Gasteiger partial charge in [-0.25, -0.2) is 9.78 Å². The number of hydrogen-bond donors (Lipinski definition) is 1. The zero-order chi connectivity index (χ0) is 22.1. The first kappa shape index (κ1) is 24.9. The number of carbonyl (C=O) groups is 1. The van der Waals surface area contributed by atoms with E-state index in [2.05, 4.69) is 4.98 Å². The van der Waals surface area contributed by atoms with Crippen LogP contribution < -0.4 is 5.73 Å². The minimum atomic E-state index is -0.459. The highest BCUT2D eigenvalue weighted by molar-refractivity contribution is 6.30. The zero-order valence-electron chi connectivity index (χ0n) is 18.9. The predicted molar refractivity (Wildman–Crippen MR) is 121 cm³/mol. The number of halogens is 1. The lowest BCUT2D eigenvalue weighted by atomic mass is 9.88. The van der Waals surface area contributed by atoms with Crippen LogP contribution in [0.2, 0.25) is 5.15 Å². The molecule has 1 atom stereocenters. The maximum Gasteiger partial charge on any atom is 0.410 e. The van der Waals surface area contributed by atoms with E-state index in [9.17, 15) is 4.79 Å². The molecular weight excluding hydrogens is 402 g/mol. The Morgan fingerprint density at radius 2 is 2.03 bits per heavy atom. The first-order valence-corrected chi connectivity index (χ1v) is 11.5. The molecule has 7 heteroatoms. The minimum Gasteiger partial charge on any atom is -0.444 e. The van der Waals surface area contributed by atoms with Crippen LogP contribution in [0.25, 0.3) is 0 Å². The first-order valence-electron chi connectivity index (χ1n) is 11.1. The number of aryl methyl sites for hydroxylation is 1. The summed E-state index contributed by atoms with van der Waals surface area (Å²) < 4.78 is 11.3. The Bertz CT molecular complexity index is 659. The standard InChI is InChI=1S/C23H38ClN3O3/c1-23(2,3)30-22(28)27(4)19-15-20(16-19)29-14-7-5-6-10-18(25)12-11-17-9-8-13-26-21(17)24/h8-9,13,18-20H,5-7,10-12,14-16,25H2,1-4H3. The smallest absolute Gasteiger partial charge is 0.410 e. The fraction of sp³-hybridized carbons (Fsp3) is 0.739. The Kier molecular flexibility index (Phi) is 9.85. The largest absolute Gasteiger partial charge is 0.444 e. The lowest BCUT2D eigenvalue weighted by Gasteiger charge is -2.41. The van der Waals surface area contributed by atoms with Crippen molar-refractivity contribution in [3.05, 3.63) is 29.0 Å². The number of hydrogen-bond acceptors (Lipinski definition) is 5. The van der Waals surface area contributed by atoms with Gasteiger partial charge in [0.1, 0.15) is 10.8 Å². The van der Waals surface area contributed by atoms with Gasteiger partial charge in [0.2, 0.25) is 0 Å². The summed E-state index contributed by atoms with van der Waals surface area (Å²) in [4.78, 5) is 17.9. The van der Waals surface area contributed by atoms with Crippen LogP contribution in [-0.2, 0) is 15.9 Å². The first-order chi connectivity index (χ1) is 14.2. The van der Waals surface area contributed by atoms with Crippen LogP contribution in [0.15, 0.2) is 18.3 Å². The van der Waals surface area contributed by atoms with Gasteiger partial charge in [0.05, 0.1) is 6.10 Å². The fourth-order valence-corrected chi connectivity index (χ4v) is 3.71. The highest BCUT2D eigenvalue weighted by Crippen LogP contribution is 2.29. The van der Waals surface area contributed by atoms with E-state index >= 15 is 0 Å². The molecule has 0 aromatic carbocycles. The minimum absolute atomic E-state index is 0.193. The van der Waals surface area contributed by atoms with Crippen LogP contribution in [0.4, 0.5) is 4.79 Å². The van der Waals surface area contributed by atoms with E-state index in [0.29, 0.717) is 5.15 Å². The molecule has 1 aromatic heterocycles. The van der Waals surface area contributed by atoms with Crippen molar-refractivity contribution >= 4 is 17.7 Å². The van der Waals surface area contributed by atoms with Gasteiger partial charge in [-0.05, 0) is 70.9 Å². The lowest BCUT2D eigenvalue weighted by molar-refractivity contribution is -0.0518. The number of unbranched alkanes of at least 4 members (excludes halogenated alkanes) is 2. The Labute approximate surface area is 186 Å². The van der Waals surface area contributed by atoms with Crippen LogP contribution in [0.5, 0.6) is 0 Å². The lowest BCUT2D eigenvalue weighted by Crippen LogP contribution is -2.50. The number of aromatic nitrogens is 1. The van der Waals surface area contributed by atoms with Crippen LogP contribution in [-0.4, -0.2) is 53.4 Å². The molecule has 170 valence electrons. The van der Waals surface area contributed by atoms with Gasteiger partial charge in [-0.1, -0.05) is 30.5 Å². The number of rotatable bonds is 11. The Morgan fingerprint density at radius 1 is 1.30 bits per heavy atom. The SMILES string of the molecule is CN(C(=O)OC(C)(C)C)C1CC(OCCCCCC(N)CCc2cccnc2Cl)C1. The van der Waals surface area contributed by atoms with Crippen molar-refractivity contribution in [2.45, 2.75) is 95.9 Å². The Hall–Kier alpha value is -1.37. The fourth-order valence-electron chi connectivity index (χ4n) is 3.50. The van der Waals surface area contributed by atoms with E-state index < -0.39 is 5.60 Å². The summed E-state index contributed by atoms with van der Waals surface area (Å²) in [5, 5.41) is 0.581. The molecule has 1 aromatic rings. The Balaban J connectivity index is 1.47. The highest BCUT2D eigenvalue weighted by Gasteiger charge is 2.36. The predicted octanol–water partition coefficient (Wildman–Crippen LogP) is 4.97. The quantitative estimate of drug-likeness (QED) is 0.389. The number of nitrogens with zero attached hydrogens (tertiary/aromatic N) is 2. The van der Waals surface area contributed by atoms with Crippen LogP contribution in [0, 0.1) is 0 Å². The topological polar surface area (TPSA) is 77.7 Å². The van der Waals surface area contributed by atoms with E-state index in [0.717, 1.165) is 63.5 Å². The summed E-state index contributed by atoms with van der Waals surface area (Å²) in [6, 6.07) is 4.33. The molecule has 2 rings (SSSR count). The summed E-state index contributed by atoms with van der Waals surface area (Å²) in [6.45, 7) is 6.42. The van der Waals surface area contributed by atoms with Crippen molar-refractivity contribution in [3.63, 3.8) is 0 Å². The van der Waals surface area contributed by atoms with Crippen molar-refractivity contribution in [2.75, 3.05) is 13.7 Å². The van der Waals surface area contributed by atoms with Gasteiger partial charge < -0.3 is 20.1 Å². The molecule has 0 saturated heterocycles. The van der Waals surface area contributed by atoms with Crippen molar-refractivity contribution in [2.24, 2.45) is 5.73 Å². The number of ether oxygens (including phenoxy) is 2. The molecule has 1 amide bonds. The number of nitrogens with two attached hydrogens (primary N) is 1. The molecule has 1 fully saturated rings. The van der Waals surface area contributed by atoms with Crippen LogP contribution in [0.3, 0.4) is 0 Å². The van der Waals surface area contributed by atoms with E-state index in [4.69, 9.17) is 26.8 Å². The van der Waals surface area contributed by atoms with Crippen molar-refractivity contribution < 1.29 is 14.3 Å². The molecule has 6 nitrogen and oxygen atoms in total. The monoisotopic (exact) mass is 439 g/mol. The van der Waals surface area contributed by atoms with Gasteiger partial charge in [0, 0.05) is 31.9 Å². The molecule has 1 aliphatic rings. The maximum absolute atomic E-state index is 12.1. The molecule has 2 N–H and O–H groups in total. The molecule has 1 unspecified atom stereocenters. The van der Waals surface area contributed by atoms with Crippen LogP contribution >= 0.6 is 11.6 Å². The highest BCUT2D eigenvalue weighted by atomic mass is 35.5. The van der Waals surface area contributed by atoms with Crippen molar-refractivity contribution in [1.29, 1.82) is 0 Å². The zero-order valence-corrected chi connectivity index (χ0v) is 19.7. The Morgan fingerprint density at radius 3 is 2.70 bits per heavy atom. The van der Waals surface area contributed by atoms with Gasteiger partial charge in [-0.3, -0.25) is 0 Å². The second kappa shape index (κ2) is 11.9. The van der Waals surface area contributed by atoms with Crippen molar-refractivity contribution in [3.8, 4) is 0 Å². The second-order valence-electron chi connectivity index (χ2n) is 9.31. The molecule has 1 aliphatic carbocycles. The molecule has 1 heterocycles. The van der Waals surface area contributed by atoms with E-state index in [-0.39, 0.29) is 24.3 Å². The second-order valence-corrected chi connectivity index (χ2v) is 9.67. The molecular formula is C23H38ClN3O3.